The largest absolute Gasteiger partial charge is 0.397 e. The van der Waals surface area contributed by atoms with Gasteiger partial charge in [-0.1, -0.05) is 42.0 Å². The van der Waals surface area contributed by atoms with Crippen LogP contribution in [-0.4, -0.2) is 9.78 Å². The Hall–Kier alpha value is -3.21. The van der Waals surface area contributed by atoms with Crippen molar-refractivity contribution in [3.8, 4) is 11.3 Å². The maximum absolute atomic E-state index is 14.1. The summed E-state index contributed by atoms with van der Waals surface area (Å²) in [6.07, 6.45) is 3.05. The molecule has 0 aliphatic carbocycles. The quantitative estimate of drug-likeness (QED) is 0.669. The van der Waals surface area contributed by atoms with Crippen molar-refractivity contribution >= 4 is 5.70 Å². The van der Waals surface area contributed by atoms with E-state index >= 15 is 0 Å². The molecule has 2 aromatic carbocycles. The summed E-state index contributed by atoms with van der Waals surface area (Å²) in [5, 5.41) is 4.51. The zero-order valence-electron chi connectivity index (χ0n) is 14.4. The van der Waals surface area contributed by atoms with Crippen LogP contribution in [-0.2, 0) is 6.54 Å². The summed E-state index contributed by atoms with van der Waals surface area (Å²) in [7, 11) is 0. The van der Waals surface area contributed by atoms with Crippen LogP contribution in [0.1, 0.15) is 16.8 Å². The number of nitrogens with zero attached hydrogens (tertiary/aromatic N) is 2. The van der Waals surface area contributed by atoms with Crippen LogP contribution < -0.4 is 5.73 Å². The number of benzene rings is 2. The maximum Gasteiger partial charge on any atom is 0.128 e. The first-order valence-corrected chi connectivity index (χ1v) is 8.19. The van der Waals surface area contributed by atoms with Gasteiger partial charge in [-0.05, 0) is 37.3 Å². The first-order valence-electron chi connectivity index (χ1n) is 8.19. The molecule has 5 heteroatoms. The van der Waals surface area contributed by atoms with E-state index in [0.717, 1.165) is 16.8 Å². The fraction of sp³-hybridized carbons (Fsp3) is 0.0952. The molecular formula is C21H19F2N3. The topological polar surface area (TPSA) is 43.8 Å². The molecule has 0 radical (unpaired) electrons. The number of aryl methyl sites for hydroxylation is 1. The number of rotatable bonds is 5. The Labute approximate surface area is 151 Å². The van der Waals surface area contributed by atoms with Crippen LogP contribution in [0.3, 0.4) is 0 Å². The van der Waals surface area contributed by atoms with Gasteiger partial charge in [-0.3, -0.25) is 4.68 Å². The molecule has 3 aromatic rings. The van der Waals surface area contributed by atoms with Crippen molar-refractivity contribution in [2.24, 2.45) is 5.73 Å². The van der Waals surface area contributed by atoms with Gasteiger partial charge < -0.3 is 5.73 Å². The van der Waals surface area contributed by atoms with Crippen LogP contribution in [0.5, 0.6) is 0 Å². The highest BCUT2D eigenvalue weighted by atomic mass is 19.1. The Morgan fingerprint density at radius 1 is 1.15 bits per heavy atom. The molecule has 0 unspecified atom stereocenters. The molecule has 0 saturated heterocycles. The minimum absolute atomic E-state index is 0.266. The lowest BCUT2D eigenvalue weighted by molar-refractivity contribution is 0.586. The van der Waals surface area contributed by atoms with E-state index in [4.69, 9.17) is 5.73 Å². The molecule has 0 bridgehead atoms. The number of halogens is 2. The number of hydrogen-bond acceptors (Lipinski definition) is 2. The van der Waals surface area contributed by atoms with Crippen LogP contribution in [0.15, 0.2) is 73.1 Å². The summed E-state index contributed by atoms with van der Waals surface area (Å²) in [4.78, 5) is 0. The first-order chi connectivity index (χ1) is 12.6. The molecular weight excluding hydrogens is 332 g/mol. The van der Waals surface area contributed by atoms with Crippen molar-refractivity contribution < 1.29 is 8.78 Å². The fourth-order valence-electron chi connectivity index (χ4n) is 2.73. The monoisotopic (exact) mass is 351 g/mol. The number of nitrogens with two attached hydrogens (primary N) is 1. The highest BCUT2D eigenvalue weighted by molar-refractivity contribution is 5.68. The average molecular weight is 351 g/mol. The van der Waals surface area contributed by atoms with Crippen molar-refractivity contribution in [2.45, 2.75) is 13.5 Å². The Balaban J connectivity index is 2.08. The fourth-order valence-corrected chi connectivity index (χ4v) is 2.73. The normalized spacial score (nSPS) is 12.0. The number of aromatic nitrogens is 2. The summed E-state index contributed by atoms with van der Waals surface area (Å²) in [5.41, 5.74) is 10.2. The molecule has 0 amide bonds. The van der Waals surface area contributed by atoms with Crippen LogP contribution in [0, 0.1) is 12.7 Å². The molecule has 0 aliphatic heterocycles. The minimum atomic E-state index is -0.288. The van der Waals surface area contributed by atoms with Crippen LogP contribution in [0.2, 0.25) is 0 Å². The second kappa shape index (κ2) is 7.78. The third-order valence-electron chi connectivity index (χ3n) is 4.02. The molecule has 1 heterocycles. The van der Waals surface area contributed by atoms with Gasteiger partial charge in [0, 0.05) is 11.1 Å². The lowest BCUT2D eigenvalue weighted by Gasteiger charge is -2.09. The zero-order chi connectivity index (χ0) is 18.5. The van der Waals surface area contributed by atoms with Gasteiger partial charge in [0.15, 0.2) is 0 Å². The van der Waals surface area contributed by atoms with E-state index in [1.165, 1.54) is 18.2 Å². The van der Waals surface area contributed by atoms with Crippen molar-refractivity contribution in [3.05, 3.63) is 95.7 Å². The Morgan fingerprint density at radius 3 is 2.69 bits per heavy atom. The molecule has 26 heavy (non-hydrogen) atoms. The Kier molecular flexibility index (Phi) is 5.27. The van der Waals surface area contributed by atoms with E-state index in [1.807, 2.05) is 37.3 Å². The molecule has 3 nitrogen and oxygen atoms in total. The van der Waals surface area contributed by atoms with Gasteiger partial charge in [-0.15, -0.1) is 0 Å². The molecule has 0 spiro atoms. The van der Waals surface area contributed by atoms with Gasteiger partial charge in [0.2, 0.25) is 0 Å². The Morgan fingerprint density at radius 2 is 1.96 bits per heavy atom. The van der Waals surface area contributed by atoms with E-state index < -0.39 is 0 Å². The molecule has 132 valence electrons. The second-order valence-electron chi connectivity index (χ2n) is 5.97. The molecule has 0 aliphatic rings. The summed E-state index contributed by atoms with van der Waals surface area (Å²) >= 11 is 0. The third-order valence-corrected chi connectivity index (χ3v) is 4.02. The van der Waals surface area contributed by atoms with Gasteiger partial charge in [0.1, 0.15) is 11.5 Å². The molecule has 3 rings (SSSR count). The number of allylic oxidation sites excluding steroid dienone is 2. The van der Waals surface area contributed by atoms with Crippen LogP contribution in [0.4, 0.5) is 8.78 Å². The smallest absolute Gasteiger partial charge is 0.128 e. The highest BCUT2D eigenvalue weighted by Gasteiger charge is 2.13. The summed E-state index contributed by atoms with van der Waals surface area (Å²) < 4.78 is 28.0. The highest BCUT2D eigenvalue weighted by Crippen LogP contribution is 2.25. The van der Waals surface area contributed by atoms with Crippen molar-refractivity contribution in [3.63, 3.8) is 0 Å². The summed E-state index contributed by atoms with van der Waals surface area (Å²) in [6.45, 7) is 2.27. The predicted molar refractivity (Wildman–Crippen MR) is 100 cm³/mol. The summed E-state index contributed by atoms with van der Waals surface area (Å²) in [5.74, 6) is -0.288. The van der Waals surface area contributed by atoms with E-state index in [1.54, 1.807) is 22.9 Å². The first kappa shape index (κ1) is 17.6. The van der Waals surface area contributed by atoms with Crippen molar-refractivity contribution in [1.29, 1.82) is 0 Å². The van der Waals surface area contributed by atoms with Crippen molar-refractivity contribution in [2.75, 3.05) is 0 Å². The maximum atomic E-state index is 14.1. The van der Waals surface area contributed by atoms with Crippen LogP contribution >= 0.6 is 0 Å². The van der Waals surface area contributed by atoms with E-state index in [9.17, 15) is 8.78 Å². The third kappa shape index (κ3) is 3.88. The van der Waals surface area contributed by atoms with E-state index in [0.29, 0.717) is 23.3 Å². The minimum Gasteiger partial charge on any atom is -0.397 e. The van der Waals surface area contributed by atoms with Gasteiger partial charge in [0.25, 0.3) is 0 Å². The van der Waals surface area contributed by atoms with Gasteiger partial charge in [-0.2, -0.15) is 5.10 Å². The van der Waals surface area contributed by atoms with Crippen molar-refractivity contribution in [1.82, 2.24) is 9.78 Å². The molecule has 0 fully saturated rings. The molecule has 1 aromatic heterocycles. The van der Waals surface area contributed by atoms with E-state index in [2.05, 4.69) is 5.10 Å². The second-order valence-corrected chi connectivity index (χ2v) is 5.97. The summed E-state index contributed by atoms with van der Waals surface area (Å²) in [6, 6.07) is 16.4. The molecule has 0 saturated carbocycles. The SMILES string of the molecule is Cc1cccc(-c2cc(/C(N)=C/C=C\F)nn2Cc2ccccc2F)c1. The predicted octanol–water partition coefficient (Wildman–Crippen LogP) is 4.83. The number of hydrogen-bond donors (Lipinski definition) is 1. The Bertz CT molecular complexity index is 971. The average Bonchev–Trinajstić information content (AvgIpc) is 3.05. The molecule has 2 N–H and O–H groups in total. The van der Waals surface area contributed by atoms with Crippen LogP contribution in [0.25, 0.3) is 17.0 Å². The lowest BCUT2D eigenvalue weighted by atomic mass is 10.1. The molecule has 0 atom stereocenters. The lowest BCUT2D eigenvalue weighted by Crippen LogP contribution is -2.06. The zero-order valence-corrected chi connectivity index (χ0v) is 14.4. The van der Waals surface area contributed by atoms with Gasteiger partial charge >= 0.3 is 0 Å². The van der Waals surface area contributed by atoms with E-state index in [-0.39, 0.29) is 12.4 Å². The van der Waals surface area contributed by atoms with Gasteiger partial charge in [0.05, 0.1) is 24.3 Å². The van der Waals surface area contributed by atoms with Gasteiger partial charge in [-0.25, -0.2) is 8.78 Å². The standard InChI is InChI=1S/C21H19F2N3/c1-15-6-4-8-16(12-15)21-13-20(19(24)10-5-11-22)25-26(21)14-17-7-2-3-9-18(17)23/h2-13H,14,24H2,1H3/b11-5-,19-10-.